The standard InChI is InChI=1S/C18H23N3O3S/c1-12-8-21(9-13(2)24-12)10-17(22)20-18-19-16(11-25-18)14-4-6-15(23-3)7-5-14/h4-7,11-13H,8-10H2,1-3H3,(H,19,20,22)/t12-,13-/m1/s1. The molecule has 0 unspecified atom stereocenters. The number of nitrogens with one attached hydrogen (secondary N) is 1. The van der Waals surface area contributed by atoms with Crippen molar-refractivity contribution in [3.8, 4) is 17.0 Å². The van der Waals surface area contributed by atoms with Crippen LogP contribution in [0, 0.1) is 0 Å². The van der Waals surface area contributed by atoms with Crippen molar-refractivity contribution >= 4 is 22.4 Å². The molecule has 2 atom stereocenters. The number of benzene rings is 1. The number of morpholine rings is 1. The van der Waals surface area contributed by atoms with Crippen LogP contribution in [0.1, 0.15) is 13.8 Å². The van der Waals surface area contributed by atoms with E-state index in [2.05, 4.69) is 15.2 Å². The molecule has 1 aromatic carbocycles. The third-order valence-electron chi connectivity index (χ3n) is 4.00. The molecule has 1 aliphatic heterocycles. The molecule has 1 saturated heterocycles. The van der Waals surface area contributed by atoms with Crippen LogP contribution in [0.3, 0.4) is 0 Å². The summed E-state index contributed by atoms with van der Waals surface area (Å²) in [5.74, 6) is 0.762. The van der Waals surface area contributed by atoms with Crippen molar-refractivity contribution in [1.82, 2.24) is 9.88 Å². The lowest BCUT2D eigenvalue weighted by Crippen LogP contribution is -2.48. The fourth-order valence-corrected chi connectivity index (χ4v) is 3.74. The van der Waals surface area contributed by atoms with E-state index in [0.29, 0.717) is 11.7 Å². The van der Waals surface area contributed by atoms with Crippen molar-refractivity contribution in [3.63, 3.8) is 0 Å². The van der Waals surface area contributed by atoms with E-state index in [1.54, 1.807) is 7.11 Å². The van der Waals surface area contributed by atoms with Gasteiger partial charge in [0, 0.05) is 24.0 Å². The third kappa shape index (κ3) is 4.78. The zero-order valence-electron chi connectivity index (χ0n) is 14.7. The summed E-state index contributed by atoms with van der Waals surface area (Å²) in [6, 6.07) is 7.70. The summed E-state index contributed by atoms with van der Waals surface area (Å²) in [6.45, 7) is 5.96. The Morgan fingerprint density at radius 1 is 1.32 bits per heavy atom. The summed E-state index contributed by atoms with van der Waals surface area (Å²) >= 11 is 1.43. The van der Waals surface area contributed by atoms with E-state index in [0.717, 1.165) is 30.1 Å². The maximum atomic E-state index is 12.3. The van der Waals surface area contributed by atoms with Gasteiger partial charge in [0.1, 0.15) is 5.75 Å². The number of aromatic nitrogens is 1. The quantitative estimate of drug-likeness (QED) is 0.887. The molecule has 0 bridgehead atoms. The van der Waals surface area contributed by atoms with Gasteiger partial charge in [-0.2, -0.15) is 0 Å². The Morgan fingerprint density at radius 2 is 2.00 bits per heavy atom. The van der Waals surface area contributed by atoms with Gasteiger partial charge in [-0.25, -0.2) is 4.98 Å². The molecule has 2 aromatic rings. The number of methoxy groups -OCH3 is 1. The summed E-state index contributed by atoms with van der Waals surface area (Å²) in [5.41, 5.74) is 1.84. The van der Waals surface area contributed by atoms with Crippen molar-refractivity contribution in [2.24, 2.45) is 0 Å². The van der Waals surface area contributed by atoms with Crippen LogP contribution in [0.4, 0.5) is 5.13 Å². The lowest BCUT2D eigenvalue weighted by molar-refractivity contribution is -0.121. The van der Waals surface area contributed by atoms with Crippen LogP contribution in [0.5, 0.6) is 5.75 Å². The van der Waals surface area contributed by atoms with Crippen LogP contribution in [-0.2, 0) is 9.53 Å². The molecular weight excluding hydrogens is 338 g/mol. The number of carbonyl (C=O) groups excluding carboxylic acids is 1. The molecule has 134 valence electrons. The van der Waals surface area contributed by atoms with Crippen LogP contribution < -0.4 is 10.1 Å². The summed E-state index contributed by atoms with van der Waals surface area (Å²) in [5, 5.41) is 5.45. The lowest BCUT2D eigenvalue weighted by atomic mass is 10.2. The molecule has 2 heterocycles. The Bertz CT molecular complexity index is 707. The minimum atomic E-state index is -0.0445. The average molecular weight is 361 g/mol. The number of nitrogens with zero attached hydrogens (tertiary/aromatic N) is 2. The van der Waals surface area contributed by atoms with Crippen molar-refractivity contribution < 1.29 is 14.3 Å². The first-order valence-electron chi connectivity index (χ1n) is 8.31. The van der Waals surface area contributed by atoms with Gasteiger partial charge in [0.05, 0.1) is 31.6 Å². The van der Waals surface area contributed by atoms with Crippen molar-refractivity contribution in [2.45, 2.75) is 26.1 Å². The zero-order chi connectivity index (χ0) is 17.8. The summed E-state index contributed by atoms with van der Waals surface area (Å²) < 4.78 is 10.9. The molecule has 0 radical (unpaired) electrons. The average Bonchev–Trinajstić information content (AvgIpc) is 3.02. The zero-order valence-corrected chi connectivity index (χ0v) is 15.5. The van der Waals surface area contributed by atoms with Gasteiger partial charge in [0.15, 0.2) is 5.13 Å². The smallest absolute Gasteiger partial charge is 0.240 e. The number of carbonyl (C=O) groups is 1. The van der Waals surface area contributed by atoms with Gasteiger partial charge in [-0.05, 0) is 38.1 Å². The van der Waals surface area contributed by atoms with Gasteiger partial charge < -0.3 is 14.8 Å². The summed E-state index contributed by atoms with van der Waals surface area (Å²) in [7, 11) is 1.64. The Hall–Kier alpha value is -1.96. The Labute approximate surface area is 151 Å². The van der Waals surface area contributed by atoms with E-state index in [1.165, 1.54) is 11.3 Å². The van der Waals surface area contributed by atoms with E-state index in [-0.39, 0.29) is 18.1 Å². The van der Waals surface area contributed by atoms with Crippen molar-refractivity contribution in [1.29, 1.82) is 0 Å². The summed E-state index contributed by atoms with van der Waals surface area (Å²) in [6.07, 6.45) is 0.302. The van der Waals surface area contributed by atoms with E-state index >= 15 is 0 Å². The van der Waals surface area contributed by atoms with Gasteiger partial charge >= 0.3 is 0 Å². The second-order valence-electron chi connectivity index (χ2n) is 6.27. The van der Waals surface area contributed by atoms with E-state index < -0.39 is 0 Å². The highest BCUT2D eigenvalue weighted by Gasteiger charge is 2.23. The molecule has 0 aliphatic carbocycles. The molecule has 1 aliphatic rings. The van der Waals surface area contributed by atoms with Crippen LogP contribution in [0.25, 0.3) is 11.3 Å². The van der Waals surface area contributed by atoms with Gasteiger partial charge in [-0.15, -0.1) is 11.3 Å². The number of anilines is 1. The third-order valence-corrected chi connectivity index (χ3v) is 4.76. The molecule has 1 N–H and O–H groups in total. The number of ether oxygens (including phenoxy) is 2. The highest BCUT2D eigenvalue weighted by molar-refractivity contribution is 7.14. The molecule has 6 nitrogen and oxygen atoms in total. The van der Waals surface area contributed by atoms with Gasteiger partial charge in [0.2, 0.25) is 5.91 Å². The molecule has 1 amide bonds. The largest absolute Gasteiger partial charge is 0.497 e. The van der Waals surface area contributed by atoms with E-state index in [9.17, 15) is 4.79 Å². The molecule has 1 aromatic heterocycles. The predicted molar refractivity (Wildman–Crippen MR) is 99.2 cm³/mol. The second-order valence-corrected chi connectivity index (χ2v) is 7.12. The number of rotatable bonds is 5. The molecule has 25 heavy (non-hydrogen) atoms. The Morgan fingerprint density at radius 3 is 2.64 bits per heavy atom. The van der Waals surface area contributed by atoms with E-state index in [1.807, 2.05) is 43.5 Å². The number of thiazole rings is 1. The maximum Gasteiger partial charge on any atom is 0.240 e. The van der Waals surface area contributed by atoms with Crippen LogP contribution >= 0.6 is 11.3 Å². The summed E-state index contributed by atoms with van der Waals surface area (Å²) in [4.78, 5) is 18.9. The number of hydrogen-bond acceptors (Lipinski definition) is 6. The SMILES string of the molecule is COc1ccc(-c2csc(NC(=O)CN3C[C@@H](C)O[C@H](C)C3)n2)cc1. The first kappa shape index (κ1) is 17.8. The second kappa shape index (κ2) is 7.95. The molecular formula is C18H23N3O3S. The van der Waals surface area contributed by atoms with E-state index in [4.69, 9.17) is 9.47 Å². The first-order valence-corrected chi connectivity index (χ1v) is 9.19. The monoisotopic (exact) mass is 361 g/mol. The Balaban J connectivity index is 1.58. The number of amides is 1. The molecule has 7 heteroatoms. The van der Waals surface area contributed by atoms with Crippen molar-refractivity contribution in [2.75, 3.05) is 32.1 Å². The normalized spacial score (nSPS) is 21.1. The predicted octanol–water partition coefficient (Wildman–Crippen LogP) is 2.87. The van der Waals surface area contributed by atoms with Crippen LogP contribution in [0.2, 0.25) is 0 Å². The fraction of sp³-hybridized carbons (Fsp3) is 0.444. The lowest BCUT2D eigenvalue weighted by Gasteiger charge is -2.34. The molecule has 0 saturated carbocycles. The highest BCUT2D eigenvalue weighted by atomic mass is 32.1. The molecule has 1 fully saturated rings. The maximum absolute atomic E-state index is 12.3. The number of hydrogen-bond donors (Lipinski definition) is 1. The minimum absolute atomic E-state index is 0.0445. The van der Waals surface area contributed by atoms with Gasteiger partial charge in [0.25, 0.3) is 0 Å². The first-order chi connectivity index (χ1) is 12.0. The van der Waals surface area contributed by atoms with Gasteiger partial charge in [-0.3, -0.25) is 9.69 Å². The highest BCUT2D eigenvalue weighted by Crippen LogP contribution is 2.26. The minimum Gasteiger partial charge on any atom is -0.497 e. The van der Waals surface area contributed by atoms with Crippen LogP contribution in [-0.4, -0.2) is 54.7 Å². The molecule has 0 spiro atoms. The van der Waals surface area contributed by atoms with Gasteiger partial charge in [-0.1, -0.05) is 0 Å². The Kier molecular flexibility index (Phi) is 5.67. The molecule has 3 rings (SSSR count). The van der Waals surface area contributed by atoms with Crippen molar-refractivity contribution in [3.05, 3.63) is 29.6 Å². The topological polar surface area (TPSA) is 63.7 Å². The fourth-order valence-electron chi connectivity index (χ4n) is 3.00. The van der Waals surface area contributed by atoms with Crippen LogP contribution in [0.15, 0.2) is 29.6 Å².